The number of aliphatic hydroxyl groups excluding tert-OH is 1. The Kier molecular flexibility index (Phi) is 8.50. The molecule has 160 valence electrons. The molecule has 3 rings (SSSR count). The first-order valence-electron chi connectivity index (χ1n) is 8.51. The van der Waals surface area contributed by atoms with E-state index in [0.717, 1.165) is 13.0 Å². The average Bonchev–Trinajstić information content (AvgIpc) is 2.60. The Bertz CT molecular complexity index is 988. The molecule has 1 aromatic carbocycles. The molecule has 1 fully saturated rings. The summed E-state index contributed by atoms with van der Waals surface area (Å²) in [7, 11) is -4.64. The molecule has 2 atom stereocenters. The number of carbonyl (C=O) groups is 1. The fourth-order valence-electron chi connectivity index (χ4n) is 2.91. The standard InChI is InChI=1S/C16H17BrClN3O3.H3O4P/c17-11-6-13-10(5-12(11)18)16(24)21(8-20-13)7-9(22)4-14-15(23)2-1-3-19-14;1-5(2,3)4/h5-6,8,14-15,19,23H,1-4,7H2;(H3,1,2,3,4)/t14-,15+;/m1./s1. The number of ketones is 1. The molecule has 0 spiro atoms. The number of phosphoric acid groups is 1. The van der Waals surface area contributed by atoms with Crippen LogP contribution in [0.3, 0.4) is 0 Å². The van der Waals surface area contributed by atoms with Crippen molar-refractivity contribution in [1.29, 1.82) is 0 Å². The van der Waals surface area contributed by atoms with Gasteiger partial charge in [-0.25, -0.2) is 9.55 Å². The summed E-state index contributed by atoms with van der Waals surface area (Å²) in [6, 6.07) is 2.97. The van der Waals surface area contributed by atoms with Crippen LogP contribution in [0, 0.1) is 0 Å². The van der Waals surface area contributed by atoms with Gasteiger partial charge in [-0.15, -0.1) is 0 Å². The summed E-state index contributed by atoms with van der Waals surface area (Å²) in [5.74, 6) is -0.125. The monoisotopic (exact) mass is 511 g/mol. The lowest BCUT2D eigenvalue weighted by Gasteiger charge is -2.28. The van der Waals surface area contributed by atoms with Gasteiger partial charge >= 0.3 is 7.82 Å². The molecule has 10 nitrogen and oxygen atoms in total. The van der Waals surface area contributed by atoms with E-state index in [1.807, 2.05) is 0 Å². The van der Waals surface area contributed by atoms with Gasteiger partial charge in [0.05, 0.1) is 34.9 Å². The van der Waals surface area contributed by atoms with Gasteiger partial charge in [0.1, 0.15) is 0 Å². The minimum atomic E-state index is -4.64. The predicted molar refractivity (Wildman–Crippen MR) is 110 cm³/mol. The third-order valence-corrected chi connectivity index (χ3v) is 5.41. The van der Waals surface area contributed by atoms with Crippen molar-refractivity contribution in [2.45, 2.75) is 38.0 Å². The van der Waals surface area contributed by atoms with Crippen LogP contribution in [0.5, 0.6) is 0 Å². The first-order chi connectivity index (χ1) is 13.5. The maximum Gasteiger partial charge on any atom is 0.466 e. The number of hydrogen-bond acceptors (Lipinski definition) is 6. The highest BCUT2D eigenvalue weighted by atomic mass is 79.9. The molecule has 13 heteroatoms. The zero-order valence-corrected chi connectivity index (χ0v) is 18.3. The molecule has 0 bridgehead atoms. The minimum absolute atomic E-state index is 0.0691. The average molecular weight is 513 g/mol. The van der Waals surface area contributed by atoms with Crippen molar-refractivity contribution in [3.05, 3.63) is 38.3 Å². The first-order valence-corrected chi connectivity index (χ1v) is 11.2. The largest absolute Gasteiger partial charge is 0.466 e. The molecule has 0 unspecified atom stereocenters. The summed E-state index contributed by atoms with van der Waals surface area (Å²) < 4.78 is 10.8. The summed E-state index contributed by atoms with van der Waals surface area (Å²) in [5, 5.41) is 13.9. The molecule has 1 saturated heterocycles. The van der Waals surface area contributed by atoms with Gasteiger partial charge in [0, 0.05) is 16.9 Å². The second-order valence-electron chi connectivity index (χ2n) is 6.49. The maximum absolute atomic E-state index is 12.5. The fraction of sp³-hybridized carbons (Fsp3) is 0.438. The minimum Gasteiger partial charge on any atom is -0.391 e. The van der Waals surface area contributed by atoms with E-state index in [0.29, 0.717) is 26.8 Å². The zero-order valence-electron chi connectivity index (χ0n) is 15.0. The molecular weight excluding hydrogens is 493 g/mol. The van der Waals surface area contributed by atoms with Crippen LogP contribution < -0.4 is 10.9 Å². The van der Waals surface area contributed by atoms with E-state index in [1.165, 1.54) is 10.9 Å². The van der Waals surface area contributed by atoms with Gasteiger partial charge in [-0.05, 0) is 47.4 Å². The van der Waals surface area contributed by atoms with Crippen LogP contribution in [-0.4, -0.2) is 53.8 Å². The summed E-state index contributed by atoms with van der Waals surface area (Å²) in [6.07, 6.45) is 2.62. The van der Waals surface area contributed by atoms with Crippen molar-refractivity contribution in [2.75, 3.05) is 6.54 Å². The Morgan fingerprint density at radius 3 is 2.66 bits per heavy atom. The van der Waals surface area contributed by atoms with Crippen LogP contribution in [-0.2, 0) is 15.9 Å². The number of halogens is 2. The number of nitrogens with zero attached hydrogens (tertiary/aromatic N) is 2. The number of benzene rings is 1. The second-order valence-corrected chi connectivity index (χ2v) is 8.78. The molecule has 1 aromatic heterocycles. The van der Waals surface area contributed by atoms with E-state index in [2.05, 4.69) is 26.2 Å². The highest BCUT2D eigenvalue weighted by Crippen LogP contribution is 2.26. The Labute approximate surface area is 178 Å². The molecule has 0 amide bonds. The summed E-state index contributed by atoms with van der Waals surface area (Å²) >= 11 is 9.33. The number of aliphatic hydroxyl groups is 1. The van der Waals surface area contributed by atoms with Gasteiger partial charge in [0.15, 0.2) is 5.78 Å². The van der Waals surface area contributed by atoms with Crippen LogP contribution in [0.15, 0.2) is 27.7 Å². The number of nitrogens with one attached hydrogen (secondary N) is 1. The first kappa shape index (κ1) is 24.1. The maximum atomic E-state index is 12.5. The van der Waals surface area contributed by atoms with Gasteiger partial charge in [-0.1, -0.05) is 11.6 Å². The number of piperidine rings is 1. The van der Waals surface area contributed by atoms with Crippen molar-refractivity contribution in [3.8, 4) is 0 Å². The Morgan fingerprint density at radius 2 is 2.03 bits per heavy atom. The van der Waals surface area contributed by atoms with Crippen molar-refractivity contribution in [2.24, 2.45) is 0 Å². The van der Waals surface area contributed by atoms with Gasteiger partial charge < -0.3 is 25.1 Å². The number of Topliss-reactive ketones (excluding diaryl/α,β-unsaturated/α-hetero) is 1. The van der Waals surface area contributed by atoms with Crippen LogP contribution in [0.25, 0.3) is 10.9 Å². The Hall–Kier alpha value is -1.17. The molecule has 0 radical (unpaired) electrons. The molecule has 1 aliphatic rings. The summed E-state index contributed by atoms with van der Waals surface area (Å²) in [5.41, 5.74) is 0.212. The van der Waals surface area contributed by atoms with Crippen LogP contribution >= 0.6 is 35.4 Å². The smallest absolute Gasteiger partial charge is 0.391 e. The predicted octanol–water partition coefficient (Wildman–Crippen LogP) is 0.956. The lowest BCUT2D eigenvalue weighted by molar-refractivity contribution is -0.121. The molecular formula is C16H20BrClN3O7P. The van der Waals surface area contributed by atoms with Crippen molar-refractivity contribution >= 4 is 52.0 Å². The Morgan fingerprint density at radius 1 is 1.38 bits per heavy atom. The van der Waals surface area contributed by atoms with Gasteiger partial charge in [-0.3, -0.25) is 14.2 Å². The lowest BCUT2D eigenvalue weighted by Crippen LogP contribution is -2.46. The van der Waals surface area contributed by atoms with Gasteiger partial charge in [0.25, 0.3) is 5.56 Å². The third-order valence-electron chi connectivity index (χ3n) is 4.21. The number of carbonyl (C=O) groups excluding carboxylic acids is 1. The Balaban J connectivity index is 0.000000537. The molecule has 1 aliphatic heterocycles. The molecule has 0 saturated carbocycles. The van der Waals surface area contributed by atoms with E-state index in [-0.39, 0.29) is 30.3 Å². The summed E-state index contributed by atoms with van der Waals surface area (Å²) in [6.45, 7) is 0.722. The van der Waals surface area contributed by atoms with Gasteiger partial charge in [0.2, 0.25) is 0 Å². The number of fused-ring (bicyclic) bond motifs is 1. The molecule has 2 aromatic rings. The molecule has 2 heterocycles. The third kappa shape index (κ3) is 7.54. The van der Waals surface area contributed by atoms with Crippen LogP contribution in [0.4, 0.5) is 0 Å². The zero-order chi connectivity index (χ0) is 21.8. The quantitative estimate of drug-likeness (QED) is 0.376. The van der Waals surface area contributed by atoms with Gasteiger partial charge in [-0.2, -0.15) is 0 Å². The topological polar surface area (TPSA) is 162 Å². The number of rotatable bonds is 4. The van der Waals surface area contributed by atoms with E-state index in [9.17, 15) is 14.7 Å². The van der Waals surface area contributed by atoms with Crippen LogP contribution in [0.1, 0.15) is 19.3 Å². The molecule has 29 heavy (non-hydrogen) atoms. The van der Waals surface area contributed by atoms with E-state index in [1.54, 1.807) is 12.1 Å². The molecule has 5 N–H and O–H groups in total. The van der Waals surface area contributed by atoms with Crippen molar-refractivity contribution in [1.82, 2.24) is 14.9 Å². The highest BCUT2D eigenvalue weighted by molar-refractivity contribution is 9.10. The lowest BCUT2D eigenvalue weighted by atomic mass is 9.97. The SMILES string of the molecule is O=C(C[C@H]1NCCC[C@@H]1O)Cn1cnc2cc(Br)c(Cl)cc2c1=O.O=P(O)(O)O. The normalized spacial score (nSPS) is 19.5. The number of aromatic nitrogens is 2. The second kappa shape index (κ2) is 10.2. The van der Waals surface area contributed by atoms with Crippen molar-refractivity contribution < 1.29 is 29.1 Å². The number of hydrogen-bond donors (Lipinski definition) is 5. The van der Waals surface area contributed by atoms with E-state index in [4.69, 9.17) is 30.8 Å². The highest BCUT2D eigenvalue weighted by Gasteiger charge is 2.25. The van der Waals surface area contributed by atoms with E-state index >= 15 is 0 Å². The molecule has 0 aliphatic carbocycles. The van der Waals surface area contributed by atoms with E-state index < -0.39 is 13.9 Å². The van der Waals surface area contributed by atoms with Crippen LogP contribution in [0.2, 0.25) is 5.02 Å². The van der Waals surface area contributed by atoms with Crippen molar-refractivity contribution in [3.63, 3.8) is 0 Å². The summed E-state index contributed by atoms with van der Waals surface area (Å²) in [4.78, 5) is 50.6. The fourth-order valence-corrected chi connectivity index (χ4v) is 3.40.